The van der Waals surface area contributed by atoms with Crippen molar-refractivity contribution >= 4 is 23.0 Å². The van der Waals surface area contributed by atoms with Crippen LogP contribution in [0.2, 0.25) is 0 Å². The molecule has 2 aromatic heterocycles. The topological polar surface area (TPSA) is 115 Å². The number of allylic oxidation sites excluding steroid dienone is 1. The number of carbonyl (C=O) groups excluding carboxylic acids is 1. The van der Waals surface area contributed by atoms with Crippen LogP contribution in [-0.2, 0) is 14.3 Å². The molecule has 9 heteroatoms. The molecule has 1 saturated carbocycles. The molecule has 3 heterocycles. The number of aromatic nitrogens is 2. The third-order valence-electron chi connectivity index (χ3n) is 5.23. The van der Waals surface area contributed by atoms with E-state index in [1.807, 2.05) is 24.4 Å². The number of fused-ring (bicyclic) bond motifs is 1. The van der Waals surface area contributed by atoms with Gasteiger partial charge in [0.25, 0.3) is 0 Å². The summed E-state index contributed by atoms with van der Waals surface area (Å²) < 4.78 is 13.3. The number of nitrogens with one attached hydrogen (secondary N) is 2. The maximum absolute atomic E-state index is 12.0. The van der Waals surface area contributed by atoms with E-state index in [0.717, 1.165) is 30.5 Å². The lowest BCUT2D eigenvalue weighted by Gasteiger charge is -2.21. The number of rotatable bonds is 7. The highest BCUT2D eigenvalue weighted by Crippen LogP contribution is 2.30. The molecule has 29 heavy (non-hydrogen) atoms. The van der Waals surface area contributed by atoms with E-state index in [4.69, 9.17) is 15.2 Å². The smallest absolute Gasteiger partial charge is 0.228 e. The molecule has 0 spiro atoms. The van der Waals surface area contributed by atoms with Crippen molar-refractivity contribution in [2.75, 3.05) is 32.6 Å². The molecule has 4 rings (SSSR count). The molecule has 1 amide bonds. The van der Waals surface area contributed by atoms with Crippen molar-refractivity contribution in [2.24, 2.45) is 16.6 Å². The summed E-state index contributed by atoms with van der Waals surface area (Å²) >= 11 is 0. The van der Waals surface area contributed by atoms with Gasteiger partial charge in [0.15, 0.2) is 11.6 Å². The summed E-state index contributed by atoms with van der Waals surface area (Å²) in [6.07, 6.45) is 4.97. The average molecular weight is 398 g/mol. The Morgan fingerprint density at radius 2 is 2.17 bits per heavy atom. The predicted octanol–water partition coefficient (Wildman–Crippen LogP) is 0.905. The summed E-state index contributed by atoms with van der Waals surface area (Å²) in [7, 11) is 3.37. The van der Waals surface area contributed by atoms with Crippen LogP contribution in [0.1, 0.15) is 18.4 Å². The summed E-state index contributed by atoms with van der Waals surface area (Å²) in [5.41, 5.74) is 8.18. The Kier molecular flexibility index (Phi) is 5.50. The van der Waals surface area contributed by atoms with Crippen LogP contribution < -0.4 is 16.4 Å². The van der Waals surface area contributed by atoms with Gasteiger partial charge >= 0.3 is 0 Å². The number of pyridine rings is 1. The average Bonchev–Trinajstić information content (AvgIpc) is 3.36. The lowest BCUT2D eigenvalue weighted by molar-refractivity contribution is -0.117. The lowest BCUT2D eigenvalue weighted by Crippen LogP contribution is -2.30. The molecule has 1 aliphatic heterocycles. The Morgan fingerprint density at radius 1 is 1.38 bits per heavy atom. The number of hydrogen-bond donors (Lipinski definition) is 3. The Bertz CT molecular complexity index is 962. The third kappa shape index (κ3) is 4.10. The van der Waals surface area contributed by atoms with Crippen molar-refractivity contribution in [2.45, 2.75) is 25.0 Å². The minimum absolute atomic E-state index is 0.0315. The first-order chi connectivity index (χ1) is 14.1. The summed E-state index contributed by atoms with van der Waals surface area (Å²) in [6, 6.07) is 5.67. The second-order valence-corrected chi connectivity index (χ2v) is 7.27. The van der Waals surface area contributed by atoms with Crippen molar-refractivity contribution in [3.63, 3.8) is 0 Å². The summed E-state index contributed by atoms with van der Waals surface area (Å²) in [6.45, 7) is 1.41. The second-order valence-electron chi connectivity index (χ2n) is 7.27. The number of methoxy groups -OCH3 is 1. The Labute approximate surface area is 169 Å². The molecule has 9 nitrogen and oxygen atoms in total. The maximum Gasteiger partial charge on any atom is 0.228 e. The van der Waals surface area contributed by atoms with E-state index in [1.165, 1.54) is 6.20 Å². The molecule has 2 aromatic rings. The Morgan fingerprint density at radius 3 is 2.86 bits per heavy atom. The number of aliphatic imine (C=N–C) groups is 1. The van der Waals surface area contributed by atoms with E-state index < -0.39 is 0 Å². The van der Waals surface area contributed by atoms with Gasteiger partial charge in [-0.3, -0.25) is 9.79 Å². The molecular weight excluding hydrogens is 372 g/mol. The molecule has 2 atom stereocenters. The Hall–Kier alpha value is -2.91. The fourth-order valence-electron chi connectivity index (χ4n) is 3.48. The Balaban J connectivity index is 1.55. The highest BCUT2D eigenvalue weighted by atomic mass is 16.5. The number of amides is 1. The van der Waals surface area contributed by atoms with Crippen LogP contribution in [-0.4, -0.2) is 60.7 Å². The van der Waals surface area contributed by atoms with Crippen LogP contribution >= 0.6 is 0 Å². The van der Waals surface area contributed by atoms with Gasteiger partial charge in [-0.2, -0.15) is 5.10 Å². The molecule has 2 aliphatic rings. The van der Waals surface area contributed by atoms with Crippen molar-refractivity contribution in [1.82, 2.24) is 14.9 Å². The predicted molar refractivity (Wildman–Crippen MR) is 110 cm³/mol. The largest absolute Gasteiger partial charge is 0.483 e. The number of nitrogens with zero attached hydrogens (tertiary/aromatic N) is 3. The van der Waals surface area contributed by atoms with Gasteiger partial charge < -0.3 is 25.8 Å². The van der Waals surface area contributed by atoms with E-state index in [1.54, 1.807) is 18.7 Å². The quantitative estimate of drug-likeness (QED) is 0.472. The SMILES string of the molecule is CN=C(/C(=C\N)O[C@@H]1CNC[C@@H]1OC)c1ccn2nc(NC(=O)C3CC3)cc2c1. The van der Waals surface area contributed by atoms with Gasteiger partial charge in [-0.1, -0.05) is 0 Å². The highest BCUT2D eigenvalue weighted by molar-refractivity contribution is 6.11. The number of carbonyl (C=O) groups is 1. The summed E-state index contributed by atoms with van der Waals surface area (Å²) in [4.78, 5) is 16.4. The zero-order valence-electron chi connectivity index (χ0n) is 16.6. The molecule has 0 radical (unpaired) electrons. The molecule has 154 valence electrons. The zero-order valence-corrected chi connectivity index (χ0v) is 16.6. The minimum Gasteiger partial charge on any atom is -0.483 e. The number of hydrogen-bond acceptors (Lipinski definition) is 7. The first-order valence-corrected chi connectivity index (χ1v) is 9.72. The van der Waals surface area contributed by atoms with Crippen LogP contribution in [0, 0.1) is 5.92 Å². The molecule has 0 unspecified atom stereocenters. The van der Waals surface area contributed by atoms with E-state index in [0.29, 0.717) is 23.8 Å². The first kappa shape index (κ1) is 19.4. The summed E-state index contributed by atoms with van der Waals surface area (Å²) in [5.74, 6) is 1.20. The van der Waals surface area contributed by atoms with Gasteiger partial charge in [0.05, 0.1) is 5.52 Å². The third-order valence-corrected chi connectivity index (χ3v) is 5.23. The van der Waals surface area contributed by atoms with Gasteiger partial charge in [-0.15, -0.1) is 0 Å². The van der Waals surface area contributed by atoms with E-state index in [-0.39, 0.29) is 24.0 Å². The van der Waals surface area contributed by atoms with Gasteiger partial charge in [0.2, 0.25) is 5.91 Å². The molecule has 0 aromatic carbocycles. The molecule has 0 bridgehead atoms. The molecule has 4 N–H and O–H groups in total. The standard InChI is InChI=1S/C20H26N6O3/c1-22-19(15(9-21)29-17-11-23-10-16(17)28-2)13-5-6-26-14(7-13)8-18(25-26)24-20(27)12-3-4-12/h5-9,12,16-17,23H,3-4,10-11,21H2,1-2H3,(H,24,25,27)/b15-9+,22-19?/t16-,17+/m0/s1. The van der Waals surface area contributed by atoms with E-state index >= 15 is 0 Å². The van der Waals surface area contributed by atoms with E-state index in [2.05, 4.69) is 20.7 Å². The van der Waals surface area contributed by atoms with Crippen LogP contribution in [0.3, 0.4) is 0 Å². The molecule has 2 fully saturated rings. The van der Waals surface area contributed by atoms with Gasteiger partial charge in [-0.25, -0.2) is 4.52 Å². The van der Waals surface area contributed by atoms with Crippen molar-refractivity contribution in [1.29, 1.82) is 0 Å². The fourth-order valence-corrected chi connectivity index (χ4v) is 3.48. The molecule has 1 aliphatic carbocycles. The number of nitrogens with two attached hydrogens (primary N) is 1. The van der Waals surface area contributed by atoms with Crippen LogP contribution in [0.5, 0.6) is 0 Å². The van der Waals surface area contributed by atoms with Gasteiger partial charge in [0.1, 0.15) is 17.9 Å². The van der Waals surface area contributed by atoms with Crippen LogP contribution in [0.25, 0.3) is 5.52 Å². The number of anilines is 1. The van der Waals surface area contributed by atoms with Gasteiger partial charge in [-0.05, 0) is 25.0 Å². The highest BCUT2D eigenvalue weighted by Gasteiger charge is 2.31. The molecular formula is C20H26N6O3. The maximum atomic E-state index is 12.0. The van der Waals surface area contributed by atoms with Crippen LogP contribution in [0.4, 0.5) is 5.82 Å². The summed E-state index contributed by atoms with van der Waals surface area (Å²) in [5, 5.41) is 10.5. The second kappa shape index (κ2) is 8.22. The van der Waals surface area contributed by atoms with Crippen molar-refractivity contribution < 1.29 is 14.3 Å². The van der Waals surface area contributed by atoms with Crippen molar-refractivity contribution in [3.05, 3.63) is 41.9 Å². The fraction of sp³-hybridized carbons (Fsp3) is 0.450. The van der Waals surface area contributed by atoms with Crippen LogP contribution in [0.15, 0.2) is 41.3 Å². The monoisotopic (exact) mass is 398 g/mol. The number of ether oxygens (including phenoxy) is 2. The minimum atomic E-state index is -0.144. The molecule has 1 saturated heterocycles. The zero-order chi connectivity index (χ0) is 20.4. The van der Waals surface area contributed by atoms with E-state index in [9.17, 15) is 4.79 Å². The lowest BCUT2D eigenvalue weighted by atomic mass is 10.1. The normalized spacial score (nSPS) is 22.8. The van der Waals surface area contributed by atoms with Gasteiger partial charge in [0, 0.05) is 57.2 Å². The van der Waals surface area contributed by atoms with Crippen molar-refractivity contribution in [3.8, 4) is 0 Å². The first-order valence-electron chi connectivity index (χ1n) is 9.72.